The Balaban J connectivity index is 2.09. The molecule has 0 aliphatic carbocycles. The van der Waals surface area contributed by atoms with Gasteiger partial charge >= 0.3 is 0 Å². The number of amides is 2. The molecule has 5 nitrogen and oxygen atoms in total. The highest BCUT2D eigenvalue weighted by atomic mass is 35.5. The Hall–Kier alpha value is -1.75. The van der Waals surface area contributed by atoms with Crippen LogP contribution < -0.4 is 0 Å². The normalized spacial score (nSPS) is 15.9. The molecule has 1 aromatic rings. The fourth-order valence-corrected chi connectivity index (χ4v) is 2.44. The molecule has 108 valence electrons. The Bertz CT molecular complexity index is 533. The molecule has 20 heavy (non-hydrogen) atoms. The zero-order chi connectivity index (χ0) is 14.7. The summed E-state index contributed by atoms with van der Waals surface area (Å²) in [5, 5.41) is 9.54. The van der Waals surface area contributed by atoms with E-state index in [0.717, 1.165) is 6.42 Å². The molecular weight excluding hydrogens is 280 g/mol. The minimum Gasteiger partial charge on any atom is -0.506 e. The molecule has 1 N–H and O–H groups in total. The van der Waals surface area contributed by atoms with Crippen molar-refractivity contribution in [3.05, 3.63) is 28.8 Å². The molecule has 0 atom stereocenters. The number of hydrogen-bond acceptors (Lipinski definition) is 3. The predicted octanol–water partition coefficient (Wildman–Crippen LogP) is 1.74. The van der Waals surface area contributed by atoms with Crippen molar-refractivity contribution in [1.29, 1.82) is 0 Å². The average molecular weight is 297 g/mol. The van der Waals surface area contributed by atoms with E-state index in [1.165, 1.54) is 19.1 Å². The van der Waals surface area contributed by atoms with E-state index in [-0.39, 0.29) is 22.6 Å². The van der Waals surface area contributed by atoms with Crippen molar-refractivity contribution in [2.45, 2.75) is 13.3 Å². The monoisotopic (exact) mass is 296 g/mol. The maximum atomic E-state index is 12.4. The summed E-state index contributed by atoms with van der Waals surface area (Å²) < 4.78 is 0. The smallest absolute Gasteiger partial charge is 0.253 e. The number of carbonyl (C=O) groups excluding carboxylic acids is 2. The third-order valence-electron chi connectivity index (χ3n) is 3.42. The Kier molecular flexibility index (Phi) is 4.49. The maximum Gasteiger partial charge on any atom is 0.253 e. The van der Waals surface area contributed by atoms with Crippen LogP contribution in [0, 0.1) is 0 Å². The summed E-state index contributed by atoms with van der Waals surface area (Å²) in [5.74, 6) is -0.133. The molecule has 0 aromatic heterocycles. The summed E-state index contributed by atoms with van der Waals surface area (Å²) in [7, 11) is 0. The number of aromatic hydroxyl groups is 1. The van der Waals surface area contributed by atoms with Crippen molar-refractivity contribution in [2.24, 2.45) is 0 Å². The van der Waals surface area contributed by atoms with Gasteiger partial charge in [0.05, 0.1) is 5.02 Å². The van der Waals surface area contributed by atoms with Crippen LogP contribution in [0.25, 0.3) is 0 Å². The highest BCUT2D eigenvalue weighted by Crippen LogP contribution is 2.24. The standard InChI is InChI=1S/C14H17ClN2O3/c1-10(18)16-5-2-6-17(8-7-16)14(20)11-3-4-13(19)12(15)9-11/h3-4,9,19H,2,5-8H2,1H3. The molecule has 0 radical (unpaired) electrons. The molecule has 0 spiro atoms. The Morgan fingerprint density at radius 1 is 1.15 bits per heavy atom. The molecule has 2 rings (SSSR count). The van der Waals surface area contributed by atoms with Crippen LogP contribution in [0.1, 0.15) is 23.7 Å². The third-order valence-corrected chi connectivity index (χ3v) is 3.73. The number of benzene rings is 1. The number of rotatable bonds is 1. The van der Waals surface area contributed by atoms with Gasteiger partial charge in [0.25, 0.3) is 5.91 Å². The van der Waals surface area contributed by atoms with E-state index >= 15 is 0 Å². The van der Waals surface area contributed by atoms with Gasteiger partial charge in [-0.05, 0) is 24.6 Å². The predicted molar refractivity (Wildman–Crippen MR) is 75.9 cm³/mol. The van der Waals surface area contributed by atoms with Crippen LogP contribution >= 0.6 is 11.6 Å². The lowest BCUT2D eigenvalue weighted by atomic mass is 10.2. The van der Waals surface area contributed by atoms with Crippen LogP contribution in [-0.4, -0.2) is 52.9 Å². The first-order valence-corrected chi connectivity index (χ1v) is 6.90. The highest BCUT2D eigenvalue weighted by Gasteiger charge is 2.21. The van der Waals surface area contributed by atoms with Crippen LogP contribution in [0.5, 0.6) is 5.75 Å². The average Bonchev–Trinajstić information content (AvgIpc) is 2.67. The second kappa shape index (κ2) is 6.13. The van der Waals surface area contributed by atoms with E-state index < -0.39 is 0 Å². The number of phenolic OH excluding ortho intramolecular Hbond substituents is 1. The van der Waals surface area contributed by atoms with E-state index in [4.69, 9.17) is 11.6 Å². The molecule has 0 unspecified atom stereocenters. The number of carbonyl (C=O) groups is 2. The molecule has 1 aliphatic rings. The van der Waals surface area contributed by atoms with Crippen LogP contribution in [0.15, 0.2) is 18.2 Å². The van der Waals surface area contributed by atoms with Crippen molar-refractivity contribution in [1.82, 2.24) is 9.80 Å². The molecule has 1 saturated heterocycles. The minimum absolute atomic E-state index is 0.0342. The maximum absolute atomic E-state index is 12.4. The number of halogens is 1. The van der Waals surface area contributed by atoms with E-state index in [0.29, 0.717) is 31.7 Å². The van der Waals surface area contributed by atoms with Gasteiger partial charge in [0.1, 0.15) is 5.75 Å². The van der Waals surface area contributed by atoms with Crippen molar-refractivity contribution in [3.63, 3.8) is 0 Å². The number of phenols is 1. The van der Waals surface area contributed by atoms with Gasteiger partial charge in [-0.1, -0.05) is 11.6 Å². The molecule has 1 aliphatic heterocycles. The summed E-state index contributed by atoms with van der Waals surface area (Å²) in [6.07, 6.45) is 0.761. The van der Waals surface area contributed by atoms with Gasteiger partial charge in [-0.25, -0.2) is 0 Å². The summed E-state index contributed by atoms with van der Waals surface area (Å²) in [5.41, 5.74) is 0.448. The van der Waals surface area contributed by atoms with Crippen molar-refractivity contribution >= 4 is 23.4 Å². The van der Waals surface area contributed by atoms with Gasteiger partial charge in [-0.3, -0.25) is 9.59 Å². The lowest BCUT2D eigenvalue weighted by molar-refractivity contribution is -0.128. The number of hydrogen-bond donors (Lipinski definition) is 1. The molecule has 2 amide bonds. The van der Waals surface area contributed by atoms with E-state index in [1.807, 2.05) is 0 Å². The van der Waals surface area contributed by atoms with Crippen molar-refractivity contribution in [2.75, 3.05) is 26.2 Å². The summed E-state index contributed by atoms with van der Waals surface area (Å²) in [4.78, 5) is 27.2. The van der Waals surface area contributed by atoms with Gasteiger partial charge in [-0.2, -0.15) is 0 Å². The van der Waals surface area contributed by atoms with E-state index in [2.05, 4.69) is 0 Å². The minimum atomic E-state index is -0.127. The summed E-state index contributed by atoms with van der Waals surface area (Å²) in [6.45, 7) is 3.89. The quantitative estimate of drug-likeness (QED) is 0.859. The fraction of sp³-hybridized carbons (Fsp3) is 0.429. The lowest BCUT2D eigenvalue weighted by Gasteiger charge is -2.21. The second-order valence-corrected chi connectivity index (χ2v) is 5.23. The Morgan fingerprint density at radius 3 is 2.45 bits per heavy atom. The Labute approximate surface area is 122 Å². The highest BCUT2D eigenvalue weighted by molar-refractivity contribution is 6.32. The van der Waals surface area contributed by atoms with Crippen LogP contribution in [0.2, 0.25) is 5.02 Å². The first-order valence-electron chi connectivity index (χ1n) is 6.52. The topological polar surface area (TPSA) is 60.9 Å². The molecule has 1 fully saturated rings. The van der Waals surface area contributed by atoms with Crippen LogP contribution in [0.4, 0.5) is 0 Å². The number of nitrogens with zero attached hydrogens (tertiary/aromatic N) is 2. The molecule has 1 heterocycles. The fourth-order valence-electron chi connectivity index (χ4n) is 2.26. The lowest BCUT2D eigenvalue weighted by Crippen LogP contribution is -2.36. The molecule has 1 aromatic carbocycles. The largest absolute Gasteiger partial charge is 0.506 e. The van der Waals surface area contributed by atoms with E-state index in [1.54, 1.807) is 15.9 Å². The second-order valence-electron chi connectivity index (χ2n) is 4.82. The first kappa shape index (κ1) is 14.7. The molecule has 6 heteroatoms. The van der Waals surface area contributed by atoms with Crippen LogP contribution in [0.3, 0.4) is 0 Å². The summed E-state index contributed by atoms with van der Waals surface area (Å²) >= 11 is 5.82. The molecule has 0 saturated carbocycles. The summed E-state index contributed by atoms with van der Waals surface area (Å²) in [6, 6.07) is 4.43. The Morgan fingerprint density at radius 2 is 1.80 bits per heavy atom. The first-order chi connectivity index (χ1) is 9.49. The van der Waals surface area contributed by atoms with Crippen molar-refractivity contribution < 1.29 is 14.7 Å². The van der Waals surface area contributed by atoms with Gasteiger partial charge in [-0.15, -0.1) is 0 Å². The van der Waals surface area contributed by atoms with Gasteiger partial charge in [0, 0.05) is 38.7 Å². The third kappa shape index (κ3) is 3.22. The SMILES string of the molecule is CC(=O)N1CCCN(C(=O)c2ccc(O)c(Cl)c2)CC1. The van der Waals surface area contributed by atoms with Gasteiger partial charge in [0.15, 0.2) is 0 Å². The van der Waals surface area contributed by atoms with E-state index in [9.17, 15) is 14.7 Å². The zero-order valence-electron chi connectivity index (χ0n) is 11.3. The van der Waals surface area contributed by atoms with Gasteiger partial charge < -0.3 is 14.9 Å². The zero-order valence-corrected chi connectivity index (χ0v) is 12.1. The molecular formula is C14H17ClN2O3. The van der Waals surface area contributed by atoms with Gasteiger partial charge in [0.2, 0.25) is 5.91 Å². The van der Waals surface area contributed by atoms with Crippen LogP contribution in [-0.2, 0) is 4.79 Å². The van der Waals surface area contributed by atoms with Crippen molar-refractivity contribution in [3.8, 4) is 5.75 Å². The molecule has 0 bridgehead atoms.